The van der Waals surface area contributed by atoms with Gasteiger partial charge in [-0.25, -0.2) is 14.0 Å². The number of ether oxygens (including phenoxy) is 9. The third kappa shape index (κ3) is 11.5. The lowest BCUT2D eigenvalue weighted by Crippen LogP contribution is -2.62. The molecular formula is C52H53O27+. The number of carbonyl (C=O) groups excluding carboxylic acids is 2. The van der Waals surface area contributed by atoms with Crippen LogP contribution in [0.4, 0.5) is 0 Å². The van der Waals surface area contributed by atoms with E-state index in [2.05, 4.69) is 0 Å². The Morgan fingerprint density at radius 1 is 0.608 bits per heavy atom. The predicted molar refractivity (Wildman–Crippen MR) is 260 cm³/mol. The van der Waals surface area contributed by atoms with E-state index in [0.29, 0.717) is 5.56 Å². The molecule has 1 aliphatic carbocycles. The summed E-state index contributed by atoms with van der Waals surface area (Å²) in [5.41, 5.74) is 0.345. The molecule has 0 amide bonds. The highest BCUT2D eigenvalue weighted by atomic mass is 16.8. The van der Waals surface area contributed by atoms with Crippen molar-refractivity contribution < 1.29 is 133 Å². The molecule has 5 aromatic rings. The van der Waals surface area contributed by atoms with Crippen molar-refractivity contribution in [1.82, 2.24) is 0 Å². The fourth-order valence-corrected chi connectivity index (χ4v) is 9.04. The first-order valence-electron chi connectivity index (χ1n) is 23.9. The van der Waals surface area contributed by atoms with Crippen molar-refractivity contribution in [2.75, 3.05) is 20.3 Å². The molecule has 27 heteroatoms. The molecule has 16 atom stereocenters. The average molecular weight is 1110 g/mol. The van der Waals surface area contributed by atoms with Gasteiger partial charge in [0.25, 0.3) is 0 Å². The number of phenolic OH excluding ortho intramolecular Hbond substituents is 6. The largest absolute Gasteiger partial charge is 0.507 e. The van der Waals surface area contributed by atoms with Crippen molar-refractivity contribution in [3.05, 3.63) is 96.1 Å². The van der Waals surface area contributed by atoms with Crippen LogP contribution >= 0.6 is 0 Å². The zero-order valence-corrected chi connectivity index (χ0v) is 40.9. The number of phenols is 6. The molecule has 3 aliphatic heterocycles. The highest BCUT2D eigenvalue weighted by Gasteiger charge is 2.77. The molecular weight excluding hydrogens is 1060 g/mol. The van der Waals surface area contributed by atoms with Crippen LogP contribution < -0.4 is 14.2 Å². The minimum atomic E-state index is -2.68. The molecule has 4 fully saturated rings. The van der Waals surface area contributed by atoms with Crippen molar-refractivity contribution in [2.24, 2.45) is 5.92 Å². The molecule has 3 saturated heterocycles. The number of fused-ring (bicyclic) bond motifs is 2. The fraction of sp³-hybridized carbons (Fsp3) is 0.365. The second-order valence-electron chi connectivity index (χ2n) is 18.6. The number of methoxy groups -OCH3 is 1. The van der Waals surface area contributed by atoms with Gasteiger partial charge in [-0.05, 0) is 59.7 Å². The summed E-state index contributed by atoms with van der Waals surface area (Å²) >= 11 is 0. The Morgan fingerprint density at radius 3 is 1.89 bits per heavy atom. The summed E-state index contributed by atoms with van der Waals surface area (Å²) in [5, 5.41) is 160. The molecule has 1 saturated carbocycles. The van der Waals surface area contributed by atoms with E-state index in [1.807, 2.05) is 0 Å². The summed E-state index contributed by atoms with van der Waals surface area (Å²) in [5.74, 6) is -10.4. The lowest BCUT2D eigenvalue weighted by atomic mass is 9.99. The van der Waals surface area contributed by atoms with Crippen LogP contribution in [-0.2, 0) is 38.0 Å². The Bertz CT molecular complexity index is 3130. The fourth-order valence-electron chi connectivity index (χ4n) is 9.04. The van der Waals surface area contributed by atoms with E-state index in [-0.39, 0.29) is 45.1 Å². The SMILES string of the molecule is COc1cc(/C=C/C(=O)OCC2OC(OC3C(Oc4cc5c(OC6OC(CO)C(O)C(O)C6O)cc(O)cc5[o+]c4-c4ccc(O)c(O)c4)OC4C(C3O)C4(O)OC(=O)/C=C/c3ccc(O)c(O)c3)C(O)C(O)C2O)ccc1O. The molecule has 0 bridgehead atoms. The minimum Gasteiger partial charge on any atom is -0.507 e. The van der Waals surface area contributed by atoms with Crippen LogP contribution in [0.3, 0.4) is 0 Å². The van der Waals surface area contributed by atoms with E-state index in [4.69, 9.17) is 47.0 Å². The summed E-state index contributed by atoms with van der Waals surface area (Å²) in [6.07, 6.45) is -22.3. The number of aliphatic hydroxyl groups excluding tert-OH is 8. The Labute approximate surface area is 444 Å². The van der Waals surface area contributed by atoms with Crippen LogP contribution in [0, 0.1) is 5.92 Å². The van der Waals surface area contributed by atoms with Gasteiger partial charge in [0.05, 0.1) is 37.4 Å². The van der Waals surface area contributed by atoms with Crippen molar-refractivity contribution >= 4 is 35.1 Å². The quantitative estimate of drug-likeness (QED) is 0.0191. The van der Waals surface area contributed by atoms with Crippen LogP contribution in [0.2, 0.25) is 0 Å². The average Bonchev–Trinajstić information content (AvgIpc) is 3.37. The molecule has 16 unspecified atom stereocenters. The summed E-state index contributed by atoms with van der Waals surface area (Å²) in [6, 6.07) is 14.4. The molecule has 1 aromatic heterocycles. The van der Waals surface area contributed by atoms with E-state index >= 15 is 0 Å². The topological polar surface area (TPSA) is 432 Å². The van der Waals surface area contributed by atoms with Gasteiger partial charge in [-0.15, -0.1) is 0 Å². The second-order valence-corrected chi connectivity index (χ2v) is 18.6. The van der Waals surface area contributed by atoms with Gasteiger partial charge < -0.3 is 119 Å². The lowest BCUT2D eigenvalue weighted by Gasteiger charge is -2.43. The molecule has 422 valence electrons. The molecule has 15 N–H and O–H groups in total. The first-order chi connectivity index (χ1) is 37.6. The molecule has 9 rings (SSSR count). The van der Waals surface area contributed by atoms with Crippen LogP contribution in [-0.4, -0.2) is 201 Å². The van der Waals surface area contributed by atoms with Gasteiger partial charge in [-0.2, -0.15) is 0 Å². The highest BCUT2D eigenvalue weighted by Crippen LogP contribution is 2.55. The molecule has 4 aromatic carbocycles. The van der Waals surface area contributed by atoms with Gasteiger partial charge in [0.1, 0.15) is 84.5 Å². The first kappa shape index (κ1) is 56.1. The zero-order valence-electron chi connectivity index (χ0n) is 40.9. The van der Waals surface area contributed by atoms with Crippen molar-refractivity contribution in [1.29, 1.82) is 0 Å². The number of aromatic hydroxyl groups is 6. The van der Waals surface area contributed by atoms with Crippen LogP contribution in [0.15, 0.2) is 89.4 Å². The number of carbonyl (C=O) groups is 2. The minimum absolute atomic E-state index is 0.0533. The van der Waals surface area contributed by atoms with E-state index in [0.717, 1.165) is 54.6 Å². The second kappa shape index (κ2) is 22.6. The van der Waals surface area contributed by atoms with Crippen LogP contribution in [0.1, 0.15) is 11.1 Å². The number of rotatable bonds is 16. The Morgan fingerprint density at radius 2 is 1.22 bits per heavy atom. The Kier molecular flexibility index (Phi) is 16.1. The third-order valence-corrected chi connectivity index (χ3v) is 13.4. The maximum Gasteiger partial charge on any atom is 0.402 e. The number of aliphatic hydroxyl groups is 9. The Balaban J connectivity index is 1.05. The summed E-state index contributed by atoms with van der Waals surface area (Å²) in [6.45, 7) is -1.61. The van der Waals surface area contributed by atoms with E-state index < -0.39 is 157 Å². The van der Waals surface area contributed by atoms with Gasteiger partial charge in [-0.1, -0.05) is 12.1 Å². The van der Waals surface area contributed by atoms with Crippen molar-refractivity contribution in [3.63, 3.8) is 0 Å². The molecule has 0 spiro atoms. The van der Waals surface area contributed by atoms with Gasteiger partial charge in [0, 0.05) is 30.4 Å². The van der Waals surface area contributed by atoms with E-state index in [1.54, 1.807) is 0 Å². The van der Waals surface area contributed by atoms with Crippen molar-refractivity contribution in [2.45, 2.75) is 91.8 Å². The molecule has 27 nitrogen and oxygen atoms in total. The predicted octanol–water partition coefficient (Wildman–Crippen LogP) is -0.709. The first-order valence-corrected chi connectivity index (χ1v) is 23.9. The maximum atomic E-state index is 13.2. The normalized spacial score (nSPS) is 31.4. The molecule has 0 radical (unpaired) electrons. The van der Waals surface area contributed by atoms with Gasteiger partial charge in [0.15, 0.2) is 40.8 Å². The summed E-state index contributed by atoms with van der Waals surface area (Å²) < 4.78 is 57.8. The van der Waals surface area contributed by atoms with Crippen LogP contribution in [0.25, 0.3) is 34.4 Å². The monoisotopic (exact) mass is 1110 g/mol. The number of benzene rings is 4. The smallest absolute Gasteiger partial charge is 0.402 e. The molecule has 4 heterocycles. The van der Waals surface area contributed by atoms with Crippen molar-refractivity contribution in [3.8, 4) is 63.1 Å². The maximum absolute atomic E-state index is 13.2. The zero-order chi connectivity index (χ0) is 56.8. The molecule has 4 aliphatic rings. The molecule has 79 heavy (non-hydrogen) atoms. The number of esters is 2. The van der Waals surface area contributed by atoms with Gasteiger partial charge >= 0.3 is 23.3 Å². The van der Waals surface area contributed by atoms with Gasteiger partial charge in [-0.3, -0.25) is 0 Å². The van der Waals surface area contributed by atoms with E-state index in [9.17, 15) is 86.2 Å². The Hall–Kier alpha value is -7.61. The van der Waals surface area contributed by atoms with Gasteiger partial charge in [0.2, 0.25) is 24.1 Å². The summed E-state index contributed by atoms with van der Waals surface area (Å²) in [4.78, 5) is 26.1. The lowest BCUT2D eigenvalue weighted by molar-refractivity contribution is -0.342. The summed E-state index contributed by atoms with van der Waals surface area (Å²) in [7, 11) is 1.32. The standard InChI is InChI=1S/C52H52O27/c1-70-32-13-21(3-8-27(32)57)4-10-36(60)71-19-35-40(63)43(66)45(68)50(76-35)77-47-41(64)38-48(52(38,69)79-37(61)11-5-20-2-7-25(55)28(58)12-20)78-51(47)74-33-17-24-30(72-46(33)22-6-9-26(56)29(59)14-22)15-23(54)16-31(24)73-49-44(67)42(65)39(62)34(18-53)75-49/h2-17,34-35,38-45,47-51,53,62-69H,18-19H2,1H3,(H5-,54,55,56,57,58,59,60,61)/p+1. The number of hydrogen-bond acceptors (Lipinski definition) is 26. The third-order valence-electron chi connectivity index (χ3n) is 13.4. The van der Waals surface area contributed by atoms with Crippen LogP contribution in [0.5, 0.6) is 51.7 Å². The van der Waals surface area contributed by atoms with E-state index in [1.165, 1.54) is 49.6 Å². The number of hydrogen-bond donors (Lipinski definition) is 15. The highest BCUT2D eigenvalue weighted by molar-refractivity contribution is 5.90.